The smallest absolute Gasteiger partial charge is 0.256 e. The van der Waals surface area contributed by atoms with E-state index in [1.165, 1.54) is 0 Å². The number of hydrogen-bond acceptors (Lipinski definition) is 3. The number of aromatic nitrogens is 2. The summed E-state index contributed by atoms with van der Waals surface area (Å²) in [4.78, 5) is 12.2. The van der Waals surface area contributed by atoms with Gasteiger partial charge in [-0.15, -0.1) is 0 Å². The summed E-state index contributed by atoms with van der Waals surface area (Å²) < 4.78 is 1.65. The van der Waals surface area contributed by atoms with E-state index >= 15 is 0 Å². The quantitative estimate of drug-likeness (QED) is 0.888. The molecular formula is C14H18N4O. The van der Waals surface area contributed by atoms with Gasteiger partial charge >= 0.3 is 0 Å². The number of aryl methyl sites for hydroxylation is 3. The Morgan fingerprint density at radius 3 is 2.53 bits per heavy atom. The Morgan fingerprint density at radius 1 is 1.26 bits per heavy atom. The zero-order chi connectivity index (χ0) is 14.0. The molecule has 1 aromatic carbocycles. The van der Waals surface area contributed by atoms with Crippen LogP contribution in [0.5, 0.6) is 0 Å². The second-order valence-electron chi connectivity index (χ2n) is 4.53. The molecule has 0 aliphatic carbocycles. The minimum atomic E-state index is -0.131. The van der Waals surface area contributed by atoms with E-state index in [9.17, 15) is 4.79 Å². The molecule has 1 aromatic heterocycles. The van der Waals surface area contributed by atoms with Gasteiger partial charge in [-0.25, -0.2) is 0 Å². The average molecular weight is 258 g/mol. The van der Waals surface area contributed by atoms with Gasteiger partial charge in [0, 0.05) is 31.4 Å². The summed E-state index contributed by atoms with van der Waals surface area (Å²) in [7, 11) is 3.67. The largest absolute Gasteiger partial charge is 0.388 e. The molecule has 0 atom stereocenters. The van der Waals surface area contributed by atoms with Gasteiger partial charge in [0.2, 0.25) is 0 Å². The summed E-state index contributed by atoms with van der Waals surface area (Å²) in [6, 6.07) is 7.41. The minimum Gasteiger partial charge on any atom is -0.388 e. The SMILES string of the molecule is CNc1ccc(C(=O)Nc2cc(C)nn2C)cc1C. The Balaban J connectivity index is 2.20. The second kappa shape index (κ2) is 5.14. The van der Waals surface area contributed by atoms with Crippen LogP contribution in [-0.4, -0.2) is 22.7 Å². The Labute approximate surface area is 112 Å². The summed E-state index contributed by atoms with van der Waals surface area (Å²) in [5, 5.41) is 10.1. The van der Waals surface area contributed by atoms with Crippen molar-refractivity contribution < 1.29 is 4.79 Å². The van der Waals surface area contributed by atoms with Crippen LogP contribution >= 0.6 is 0 Å². The van der Waals surface area contributed by atoms with Gasteiger partial charge in [0.25, 0.3) is 5.91 Å². The molecule has 0 fully saturated rings. The van der Waals surface area contributed by atoms with E-state index < -0.39 is 0 Å². The Bertz CT molecular complexity index is 616. The molecular weight excluding hydrogens is 240 g/mol. The van der Waals surface area contributed by atoms with E-state index in [1.807, 2.05) is 39.1 Å². The predicted molar refractivity (Wildman–Crippen MR) is 76.6 cm³/mol. The van der Waals surface area contributed by atoms with E-state index in [-0.39, 0.29) is 5.91 Å². The highest BCUT2D eigenvalue weighted by Gasteiger charge is 2.10. The molecule has 0 saturated carbocycles. The van der Waals surface area contributed by atoms with Crippen LogP contribution in [0.4, 0.5) is 11.5 Å². The zero-order valence-electron chi connectivity index (χ0n) is 11.6. The van der Waals surface area contributed by atoms with Crippen molar-refractivity contribution in [3.8, 4) is 0 Å². The zero-order valence-corrected chi connectivity index (χ0v) is 11.6. The number of rotatable bonds is 3. The lowest BCUT2D eigenvalue weighted by Crippen LogP contribution is -2.14. The van der Waals surface area contributed by atoms with Crippen LogP contribution in [0.2, 0.25) is 0 Å². The molecule has 0 aliphatic heterocycles. The first-order valence-electron chi connectivity index (χ1n) is 6.11. The second-order valence-corrected chi connectivity index (χ2v) is 4.53. The lowest BCUT2D eigenvalue weighted by atomic mass is 10.1. The van der Waals surface area contributed by atoms with Gasteiger partial charge in [0.15, 0.2) is 0 Å². The molecule has 5 heteroatoms. The number of benzene rings is 1. The first-order valence-corrected chi connectivity index (χ1v) is 6.11. The van der Waals surface area contributed by atoms with Crippen molar-refractivity contribution >= 4 is 17.4 Å². The van der Waals surface area contributed by atoms with Crippen LogP contribution in [-0.2, 0) is 7.05 Å². The number of anilines is 2. The van der Waals surface area contributed by atoms with Gasteiger partial charge in [-0.05, 0) is 37.6 Å². The van der Waals surface area contributed by atoms with Crippen LogP contribution in [0, 0.1) is 13.8 Å². The lowest BCUT2D eigenvalue weighted by Gasteiger charge is -2.08. The van der Waals surface area contributed by atoms with Crippen molar-refractivity contribution in [1.29, 1.82) is 0 Å². The summed E-state index contributed by atoms with van der Waals surface area (Å²) in [6.45, 7) is 3.86. The number of nitrogens with one attached hydrogen (secondary N) is 2. The number of carbonyl (C=O) groups is 1. The van der Waals surface area contributed by atoms with E-state index in [0.29, 0.717) is 11.4 Å². The molecule has 0 unspecified atom stereocenters. The molecule has 2 N–H and O–H groups in total. The van der Waals surface area contributed by atoms with Crippen molar-refractivity contribution in [2.45, 2.75) is 13.8 Å². The summed E-state index contributed by atoms with van der Waals surface area (Å²) in [5.74, 6) is 0.562. The summed E-state index contributed by atoms with van der Waals surface area (Å²) in [5.41, 5.74) is 3.57. The fraction of sp³-hybridized carbons (Fsp3) is 0.286. The van der Waals surface area contributed by atoms with Gasteiger partial charge < -0.3 is 10.6 Å². The molecule has 5 nitrogen and oxygen atoms in total. The molecule has 0 radical (unpaired) electrons. The molecule has 1 amide bonds. The molecule has 2 aromatic rings. The van der Waals surface area contributed by atoms with E-state index in [0.717, 1.165) is 16.9 Å². The summed E-state index contributed by atoms with van der Waals surface area (Å²) >= 11 is 0. The number of hydrogen-bond donors (Lipinski definition) is 2. The topological polar surface area (TPSA) is 59.0 Å². The lowest BCUT2D eigenvalue weighted by molar-refractivity contribution is 0.102. The third-order valence-electron chi connectivity index (χ3n) is 3.00. The Kier molecular flexibility index (Phi) is 3.55. The van der Waals surface area contributed by atoms with Crippen LogP contribution in [0.15, 0.2) is 24.3 Å². The van der Waals surface area contributed by atoms with Crippen molar-refractivity contribution in [1.82, 2.24) is 9.78 Å². The highest BCUT2D eigenvalue weighted by Crippen LogP contribution is 2.17. The number of carbonyl (C=O) groups excluding carboxylic acids is 1. The van der Waals surface area contributed by atoms with Crippen LogP contribution in [0.3, 0.4) is 0 Å². The van der Waals surface area contributed by atoms with Crippen molar-refractivity contribution in [3.63, 3.8) is 0 Å². The average Bonchev–Trinajstić information content (AvgIpc) is 2.67. The predicted octanol–water partition coefficient (Wildman–Crippen LogP) is 2.33. The molecule has 1 heterocycles. The molecule has 100 valence electrons. The number of nitrogens with zero attached hydrogens (tertiary/aromatic N) is 2. The van der Waals surface area contributed by atoms with Crippen LogP contribution in [0.25, 0.3) is 0 Å². The third-order valence-corrected chi connectivity index (χ3v) is 3.00. The van der Waals surface area contributed by atoms with Gasteiger partial charge in [-0.2, -0.15) is 5.10 Å². The maximum absolute atomic E-state index is 12.2. The highest BCUT2D eigenvalue weighted by molar-refractivity contribution is 6.04. The molecule has 0 spiro atoms. The highest BCUT2D eigenvalue weighted by atomic mass is 16.1. The molecule has 19 heavy (non-hydrogen) atoms. The summed E-state index contributed by atoms with van der Waals surface area (Å²) in [6.07, 6.45) is 0. The Hall–Kier alpha value is -2.30. The maximum atomic E-state index is 12.2. The van der Waals surface area contributed by atoms with Crippen molar-refractivity contribution in [2.24, 2.45) is 7.05 Å². The monoisotopic (exact) mass is 258 g/mol. The molecule has 0 bridgehead atoms. The van der Waals surface area contributed by atoms with Gasteiger partial charge in [0.1, 0.15) is 5.82 Å². The van der Waals surface area contributed by atoms with Crippen LogP contribution < -0.4 is 10.6 Å². The number of amides is 1. The fourth-order valence-corrected chi connectivity index (χ4v) is 2.00. The van der Waals surface area contributed by atoms with E-state index in [2.05, 4.69) is 15.7 Å². The standard InChI is InChI=1S/C14H18N4O/c1-9-7-11(5-6-12(9)15-3)14(19)16-13-8-10(2)17-18(13)4/h5-8,15H,1-4H3,(H,16,19). The van der Waals surface area contributed by atoms with Crippen molar-refractivity contribution in [3.05, 3.63) is 41.1 Å². The minimum absolute atomic E-state index is 0.131. The van der Waals surface area contributed by atoms with Gasteiger partial charge in [0.05, 0.1) is 5.69 Å². The molecule has 0 saturated heterocycles. The van der Waals surface area contributed by atoms with E-state index in [4.69, 9.17) is 0 Å². The van der Waals surface area contributed by atoms with Gasteiger partial charge in [-0.3, -0.25) is 9.48 Å². The first-order chi connectivity index (χ1) is 9.01. The Morgan fingerprint density at radius 2 is 2.00 bits per heavy atom. The first kappa shape index (κ1) is 13.1. The van der Waals surface area contributed by atoms with Gasteiger partial charge in [-0.1, -0.05) is 0 Å². The van der Waals surface area contributed by atoms with E-state index in [1.54, 1.807) is 17.8 Å². The molecule has 0 aliphatic rings. The molecule has 2 rings (SSSR count). The van der Waals surface area contributed by atoms with Crippen molar-refractivity contribution in [2.75, 3.05) is 17.7 Å². The normalized spacial score (nSPS) is 10.3. The fourth-order valence-electron chi connectivity index (χ4n) is 2.00. The van der Waals surface area contributed by atoms with Crippen LogP contribution in [0.1, 0.15) is 21.6 Å². The maximum Gasteiger partial charge on any atom is 0.256 e. The third kappa shape index (κ3) is 2.76.